The third-order valence-electron chi connectivity index (χ3n) is 7.26. The molecule has 2 aliphatic rings. The summed E-state index contributed by atoms with van der Waals surface area (Å²) in [7, 11) is 0. The summed E-state index contributed by atoms with van der Waals surface area (Å²) in [6.45, 7) is 0.782. The first-order chi connectivity index (χ1) is 21.0. The highest BCUT2D eigenvalue weighted by atomic mass is 35.5. The molecule has 0 unspecified atom stereocenters. The molecule has 2 aliphatic heterocycles. The summed E-state index contributed by atoms with van der Waals surface area (Å²) in [5.74, 6) is -0.351. The first-order valence-electron chi connectivity index (χ1n) is 13.4. The molecule has 0 spiro atoms. The number of Topliss-reactive ketones (excluding diaryl/α,β-unsaturated/α-hetero) is 1. The van der Waals surface area contributed by atoms with Gasteiger partial charge in [0.05, 0.1) is 11.6 Å². The van der Waals surface area contributed by atoms with Gasteiger partial charge in [-0.15, -0.1) is 10.2 Å². The van der Waals surface area contributed by atoms with E-state index < -0.39 is 17.7 Å². The fourth-order valence-electron chi connectivity index (χ4n) is 5.28. The maximum atomic E-state index is 13.6. The van der Waals surface area contributed by atoms with Crippen molar-refractivity contribution < 1.29 is 24.2 Å². The predicted octanol–water partition coefficient (Wildman–Crippen LogP) is 7.03. The number of aliphatic hydroxyl groups is 1. The van der Waals surface area contributed by atoms with E-state index in [0.717, 1.165) is 16.3 Å². The molecule has 0 radical (unpaired) electrons. The largest absolute Gasteiger partial charge is 0.507 e. The van der Waals surface area contributed by atoms with Gasteiger partial charge in [0.25, 0.3) is 5.78 Å². The van der Waals surface area contributed by atoms with E-state index in [0.29, 0.717) is 51.0 Å². The Bertz CT molecular complexity index is 1940. The maximum Gasteiger partial charge on any atom is 0.301 e. The Hall–Kier alpha value is -4.38. The molecule has 0 aliphatic carbocycles. The number of carbonyl (C=O) groups excluding carboxylic acids is 2. The van der Waals surface area contributed by atoms with E-state index in [9.17, 15) is 14.7 Å². The van der Waals surface area contributed by atoms with E-state index in [1.807, 2.05) is 18.2 Å². The molecule has 214 valence electrons. The van der Waals surface area contributed by atoms with Crippen LogP contribution >= 0.6 is 34.7 Å². The number of aliphatic hydroxyl groups excluding tert-OH is 1. The third-order valence-corrected chi connectivity index (χ3v) is 9.60. The van der Waals surface area contributed by atoms with Crippen LogP contribution in [0.1, 0.15) is 22.7 Å². The highest BCUT2D eigenvalue weighted by Gasteiger charge is 2.48. The summed E-state index contributed by atoms with van der Waals surface area (Å²) in [6.07, 6.45) is 0. The Balaban J connectivity index is 1.25. The molecule has 8 nitrogen and oxygen atoms in total. The molecular weight excluding hydrogens is 606 g/mol. The first-order valence-corrected chi connectivity index (χ1v) is 15.6. The van der Waals surface area contributed by atoms with E-state index in [4.69, 9.17) is 21.1 Å². The number of fused-ring (bicyclic) bond motifs is 2. The zero-order chi connectivity index (χ0) is 29.5. The number of carbonyl (C=O) groups is 2. The van der Waals surface area contributed by atoms with Crippen LogP contribution < -0.4 is 14.4 Å². The minimum absolute atomic E-state index is 0.0795. The number of hydrogen-bond acceptors (Lipinski definition) is 9. The van der Waals surface area contributed by atoms with Crippen molar-refractivity contribution in [2.45, 2.75) is 16.1 Å². The summed E-state index contributed by atoms with van der Waals surface area (Å²) in [4.78, 5) is 28.4. The summed E-state index contributed by atoms with van der Waals surface area (Å²) >= 11 is 9.04. The standard InChI is InChI=1S/C32H22ClN3O5S2/c33-22-9-4-7-19(15-22)27-26(28(37)20-11-12-24-25(16-20)41-14-13-40-24)29(38)30(39)36(27)31-34-35-32(43-31)42-17-21-8-3-6-18-5-1-2-10-23(18)21/h1-12,15-16,27,37H,13-14,17H2/t27-/m0/s1. The van der Waals surface area contributed by atoms with Crippen molar-refractivity contribution in [2.75, 3.05) is 18.1 Å². The number of ketones is 1. The number of anilines is 1. The van der Waals surface area contributed by atoms with Crippen LogP contribution in [0.5, 0.6) is 11.5 Å². The van der Waals surface area contributed by atoms with E-state index >= 15 is 0 Å². The molecule has 1 amide bonds. The van der Waals surface area contributed by atoms with Gasteiger partial charge in [-0.05, 0) is 52.2 Å². The van der Waals surface area contributed by atoms with Crippen molar-refractivity contribution in [1.82, 2.24) is 10.2 Å². The van der Waals surface area contributed by atoms with Gasteiger partial charge in [-0.3, -0.25) is 14.5 Å². The molecule has 1 atom stereocenters. The number of aromatic nitrogens is 2. The van der Waals surface area contributed by atoms with Crippen molar-refractivity contribution in [3.63, 3.8) is 0 Å². The molecule has 7 rings (SSSR count). The minimum atomic E-state index is -0.976. The number of ether oxygens (including phenoxy) is 2. The SMILES string of the molecule is O=C1C(=O)N(c2nnc(SCc3cccc4ccccc34)s2)[C@@H](c2cccc(Cl)c2)C1=C(O)c1ccc2c(c1)OCCO2. The lowest BCUT2D eigenvalue weighted by Gasteiger charge is -2.23. The Morgan fingerprint density at radius 2 is 1.74 bits per heavy atom. The van der Waals surface area contributed by atoms with Gasteiger partial charge in [0.2, 0.25) is 5.13 Å². The zero-order valence-corrected chi connectivity index (χ0v) is 24.8. The highest BCUT2D eigenvalue weighted by molar-refractivity contribution is 8.00. The molecule has 0 saturated carbocycles. The number of thioether (sulfide) groups is 1. The van der Waals surface area contributed by atoms with Crippen LogP contribution in [0.25, 0.3) is 16.5 Å². The summed E-state index contributed by atoms with van der Waals surface area (Å²) in [6, 6.07) is 25.1. The molecule has 1 aromatic heterocycles. The first kappa shape index (κ1) is 27.5. The van der Waals surface area contributed by atoms with Gasteiger partial charge in [-0.2, -0.15) is 0 Å². The second-order valence-corrected chi connectivity index (χ2v) is 12.5. The summed E-state index contributed by atoms with van der Waals surface area (Å²) in [5.41, 5.74) is 1.94. The van der Waals surface area contributed by atoms with Gasteiger partial charge in [0.15, 0.2) is 15.8 Å². The topological polar surface area (TPSA) is 102 Å². The average Bonchev–Trinajstić information content (AvgIpc) is 3.61. The van der Waals surface area contributed by atoms with Crippen molar-refractivity contribution >= 4 is 68.1 Å². The van der Waals surface area contributed by atoms with Gasteiger partial charge in [0, 0.05) is 16.3 Å². The number of nitrogens with zero attached hydrogens (tertiary/aromatic N) is 3. The lowest BCUT2D eigenvalue weighted by atomic mass is 9.95. The smallest absolute Gasteiger partial charge is 0.301 e. The molecule has 5 aromatic rings. The molecule has 1 saturated heterocycles. The molecular formula is C32H22ClN3O5S2. The van der Waals surface area contributed by atoms with Gasteiger partial charge < -0.3 is 14.6 Å². The molecule has 3 heterocycles. The normalized spacial score (nSPS) is 17.5. The Morgan fingerprint density at radius 3 is 2.60 bits per heavy atom. The summed E-state index contributed by atoms with van der Waals surface area (Å²) < 4.78 is 11.9. The van der Waals surface area contributed by atoms with Gasteiger partial charge in [-0.1, -0.05) is 89.3 Å². The van der Waals surface area contributed by atoms with Crippen LogP contribution in [-0.2, 0) is 15.3 Å². The third kappa shape index (κ3) is 5.11. The van der Waals surface area contributed by atoms with E-state index in [1.165, 1.54) is 28.0 Å². The van der Waals surface area contributed by atoms with Crippen LogP contribution in [0, 0.1) is 0 Å². The van der Waals surface area contributed by atoms with Crippen molar-refractivity contribution in [1.29, 1.82) is 0 Å². The fourth-order valence-corrected chi connectivity index (χ4v) is 7.35. The van der Waals surface area contributed by atoms with Crippen LogP contribution in [0.2, 0.25) is 5.02 Å². The Morgan fingerprint density at radius 1 is 0.953 bits per heavy atom. The molecule has 11 heteroatoms. The number of rotatable bonds is 6. The van der Waals surface area contributed by atoms with Gasteiger partial charge >= 0.3 is 5.91 Å². The van der Waals surface area contributed by atoms with Crippen molar-refractivity contribution in [3.05, 3.63) is 112 Å². The second kappa shape index (κ2) is 11.4. The quantitative estimate of drug-likeness (QED) is 0.0704. The number of benzene rings is 4. The summed E-state index contributed by atoms with van der Waals surface area (Å²) in [5, 5.41) is 23.1. The molecule has 43 heavy (non-hydrogen) atoms. The lowest BCUT2D eigenvalue weighted by Crippen LogP contribution is -2.29. The minimum Gasteiger partial charge on any atom is -0.507 e. The monoisotopic (exact) mass is 627 g/mol. The highest BCUT2D eigenvalue weighted by Crippen LogP contribution is 2.45. The zero-order valence-electron chi connectivity index (χ0n) is 22.4. The Labute approximate surface area is 259 Å². The number of hydrogen-bond donors (Lipinski definition) is 1. The maximum absolute atomic E-state index is 13.6. The van der Waals surface area contributed by atoms with Gasteiger partial charge in [0.1, 0.15) is 19.0 Å². The van der Waals surface area contributed by atoms with E-state index in [-0.39, 0.29) is 16.5 Å². The van der Waals surface area contributed by atoms with E-state index in [1.54, 1.807) is 42.5 Å². The van der Waals surface area contributed by atoms with E-state index in [2.05, 4.69) is 34.5 Å². The molecule has 0 bridgehead atoms. The van der Waals surface area contributed by atoms with Crippen molar-refractivity contribution in [3.8, 4) is 11.5 Å². The van der Waals surface area contributed by atoms with Crippen LogP contribution in [-0.4, -0.2) is 40.2 Å². The molecule has 1 N–H and O–H groups in total. The van der Waals surface area contributed by atoms with Crippen LogP contribution in [0.3, 0.4) is 0 Å². The fraction of sp³-hybridized carbons (Fsp3) is 0.125. The molecule has 1 fully saturated rings. The van der Waals surface area contributed by atoms with Crippen LogP contribution in [0.15, 0.2) is 94.8 Å². The lowest BCUT2D eigenvalue weighted by molar-refractivity contribution is -0.132. The molecule has 4 aromatic carbocycles. The number of halogens is 1. The van der Waals surface area contributed by atoms with Gasteiger partial charge in [-0.25, -0.2) is 0 Å². The predicted molar refractivity (Wildman–Crippen MR) is 167 cm³/mol. The Kier molecular flexibility index (Phi) is 7.26. The van der Waals surface area contributed by atoms with Crippen LogP contribution in [0.4, 0.5) is 5.13 Å². The number of amides is 1. The second-order valence-electron chi connectivity index (χ2n) is 9.86. The van der Waals surface area contributed by atoms with Crippen molar-refractivity contribution in [2.24, 2.45) is 0 Å². The average molecular weight is 628 g/mol.